The fourth-order valence-electron chi connectivity index (χ4n) is 4.00. The summed E-state index contributed by atoms with van der Waals surface area (Å²) in [6.07, 6.45) is 0. The molecule has 1 heteroatoms. The first kappa shape index (κ1) is 18.3. The summed E-state index contributed by atoms with van der Waals surface area (Å²) < 4.78 is 4.82. The van der Waals surface area contributed by atoms with Crippen molar-refractivity contribution in [1.82, 2.24) is 0 Å². The van der Waals surface area contributed by atoms with Crippen LogP contribution in [0.1, 0.15) is 33.4 Å². The molecule has 25 heavy (non-hydrogen) atoms. The van der Waals surface area contributed by atoms with Crippen LogP contribution in [0.5, 0.6) is 0 Å². The molecule has 0 amide bonds. The van der Waals surface area contributed by atoms with Crippen molar-refractivity contribution in [3.8, 4) is 0 Å². The van der Waals surface area contributed by atoms with Gasteiger partial charge in [0.1, 0.15) is 0 Å². The van der Waals surface area contributed by atoms with E-state index >= 15 is 0 Å². The Morgan fingerprint density at radius 3 is 1.24 bits per heavy atom. The van der Waals surface area contributed by atoms with Crippen LogP contribution in [0, 0.1) is 41.5 Å². The molecule has 3 aromatic carbocycles. The van der Waals surface area contributed by atoms with E-state index in [9.17, 15) is 0 Å². The van der Waals surface area contributed by atoms with Gasteiger partial charge in [-0.05, 0) is 0 Å². The van der Waals surface area contributed by atoms with Crippen LogP contribution in [0.25, 0.3) is 0 Å². The van der Waals surface area contributed by atoms with Crippen molar-refractivity contribution in [3.05, 3.63) is 88.0 Å². The van der Waals surface area contributed by atoms with Gasteiger partial charge < -0.3 is 0 Å². The maximum atomic E-state index is 2.36. The zero-order valence-corrected chi connectivity index (χ0v) is 18.7. The Hall–Kier alpha value is -1.52. The van der Waals surface area contributed by atoms with Crippen LogP contribution < -0.4 is 10.5 Å². The van der Waals surface area contributed by atoms with E-state index in [1.807, 2.05) is 0 Å². The molecular formula is C24H27Sb. The fraction of sp³-hybridized carbons (Fsp3) is 0.250. The molecule has 0 aliphatic rings. The fourth-order valence-corrected chi connectivity index (χ4v) is 12.2. The first-order valence-corrected chi connectivity index (χ1v) is 12.7. The molecule has 0 atom stereocenters. The van der Waals surface area contributed by atoms with Gasteiger partial charge >= 0.3 is 160 Å². The SMILES string of the molecule is Cc1cc(C)[c]([Sb]([c]2ccccc2)[c]2c(C)cc(C)cc2C)c(C)c1. The zero-order chi connectivity index (χ0) is 18.1. The predicted octanol–water partition coefficient (Wildman–Crippen LogP) is 4.05. The quantitative estimate of drug-likeness (QED) is 0.543. The molecule has 0 unspecified atom stereocenters. The number of aryl methyl sites for hydroxylation is 6. The number of benzene rings is 3. The van der Waals surface area contributed by atoms with E-state index in [0.717, 1.165) is 0 Å². The first-order chi connectivity index (χ1) is 11.9. The van der Waals surface area contributed by atoms with Crippen LogP contribution in [-0.4, -0.2) is 20.2 Å². The van der Waals surface area contributed by atoms with E-state index in [0.29, 0.717) is 0 Å². The number of hydrogen-bond donors (Lipinski definition) is 0. The third kappa shape index (κ3) is 3.70. The van der Waals surface area contributed by atoms with Crippen LogP contribution in [0.3, 0.4) is 0 Å². The third-order valence-electron chi connectivity index (χ3n) is 4.73. The van der Waals surface area contributed by atoms with E-state index < -0.39 is 20.2 Å². The van der Waals surface area contributed by atoms with Crippen LogP contribution in [0.4, 0.5) is 0 Å². The van der Waals surface area contributed by atoms with Crippen molar-refractivity contribution in [1.29, 1.82) is 0 Å². The van der Waals surface area contributed by atoms with Crippen molar-refractivity contribution in [2.75, 3.05) is 0 Å². The molecule has 3 aromatic rings. The Morgan fingerprint density at radius 1 is 0.520 bits per heavy atom. The van der Waals surface area contributed by atoms with Gasteiger partial charge in [-0.2, -0.15) is 0 Å². The molecule has 128 valence electrons. The molecule has 0 heterocycles. The molecule has 0 bridgehead atoms. The van der Waals surface area contributed by atoms with E-state index in [-0.39, 0.29) is 0 Å². The summed E-state index contributed by atoms with van der Waals surface area (Å²) in [5, 5.41) is 0. The third-order valence-corrected chi connectivity index (χ3v) is 13.6. The van der Waals surface area contributed by atoms with Gasteiger partial charge in [-0.3, -0.25) is 0 Å². The van der Waals surface area contributed by atoms with Crippen molar-refractivity contribution in [2.45, 2.75) is 41.5 Å². The van der Waals surface area contributed by atoms with Gasteiger partial charge in [0.15, 0.2) is 0 Å². The molecule has 0 spiro atoms. The van der Waals surface area contributed by atoms with Gasteiger partial charge in [0.2, 0.25) is 0 Å². The molecule has 0 aromatic heterocycles. The second kappa shape index (κ2) is 7.38. The van der Waals surface area contributed by atoms with Crippen LogP contribution in [0.15, 0.2) is 54.6 Å². The van der Waals surface area contributed by atoms with Gasteiger partial charge in [-0.15, -0.1) is 0 Å². The minimum atomic E-state index is -2.08. The molecule has 0 saturated carbocycles. The Balaban J connectivity index is 2.34. The summed E-state index contributed by atoms with van der Waals surface area (Å²) in [7, 11) is 0. The van der Waals surface area contributed by atoms with Crippen LogP contribution in [-0.2, 0) is 0 Å². The summed E-state index contributed by atoms with van der Waals surface area (Å²) in [5.41, 5.74) is 8.58. The normalized spacial score (nSPS) is 11.2. The van der Waals surface area contributed by atoms with Crippen LogP contribution in [0.2, 0.25) is 0 Å². The molecule has 0 nitrogen and oxygen atoms in total. The Kier molecular flexibility index (Phi) is 5.40. The average molecular weight is 437 g/mol. The summed E-state index contributed by atoms with van der Waals surface area (Å²) in [5.74, 6) is 0. The van der Waals surface area contributed by atoms with Gasteiger partial charge in [-0.1, -0.05) is 0 Å². The molecule has 0 saturated heterocycles. The molecule has 0 aliphatic heterocycles. The van der Waals surface area contributed by atoms with E-state index in [1.54, 1.807) is 10.5 Å². The number of rotatable bonds is 3. The Labute approximate surface area is 159 Å². The predicted molar refractivity (Wildman–Crippen MR) is 112 cm³/mol. The second-order valence-corrected chi connectivity index (χ2v) is 13.1. The summed E-state index contributed by atoms with van der Waals surface area (Å²) in [6, 6.07) is 20.7. The first-order valence-electron chi connectivity index (χ1n) is 8.89. The minimum absolute atomic E-state index is 1.37. The van der Waals surface area contributed by atoms with E-state index in [1.165, 1.54) is 33.4 Å². The number of hydrogen-bond acceptors (Lipinski definition) is 0. The topological polar surface area (TPSA) is 0 Å². The molecule has 3 rings (SSSR count). The van der Waals surface area contributed by atoms with Crippen molar-refractivity contribution >= 4 is 30.7 Å². The second-order valence-electron chi connectivity index (χ2n) is 7.17. The van der Waals surface area contributed by atoms with Gasteiger partial charge in [-0.25, -0.2) is 0 Å². The van der Waals surface area contributed by atoms with Gasteiger partial charge in [0.25, 0.3) is 0 Å². The molecule has 0 N–H and O–H groups in total. The zero-order valence-electron chi connectivity index (χ0n) is 16.1. The van der Waals surface area contributed by atoms with Crippen molar-refractivity contribution in [3.63, 3.8) is 0 Å². The summed E-state index contributed by atoms with van der Waals surface area (Å²) >= 11 is -2.08. The molecule has 0 radical (unpaired) electrons. The maximum absolute atomic E-state index is 2.36. The van der Waals surface area contributed by atoms with Gasteiger partial charge in [0, 0.05) is 0 Å². The molecule has 0 fully saturated rings. The Morgan fingerprint density at radius 2 is 0.880 bits per heavy atom. The van der Waals surface area contributed by atoms with E-state index in [2.05, 4.69) is 96.1 Å². The van der Waals surface area contributed by atoms with Crippen molar-refractivity contribution < 1.29 is 0 Å². The van der Waals surface area contributed by atoms with Crippen molar-refractivity contribution in [2.24, 2.45) is 0 Å². The summed E-state index contributed by atoms with van der Waals surface area (Å²) in [4.78, 5) is 0. The summed E-state index contributed by atoms with van der Waals surface area (Å²) in [6.45, 7) is 13.6. The standard InChI is InChI=1S/2C9H11.C6H5.Sb/c2*1-7-4-8(2)6-9(3)5-7;1-2-4-6-5-3-1;/h2*4-5H,1-3H3;1-5H;. The van der Waals surface area contributed by atoms with Crippen LogP contribution >= 0.6 is 0 Å². The molecular weight excluding hydrogens is 410 g/mol. The average Bonchev–Trinajstić information content (AvgIpc) is 2.52. The Bertz CT molecular complexity index is 803. The monoisotopic (exact) mass is 436 g/mol. The van der Waals surface area contributed by atoms with Gasteiger partial charge in [0.05, 0.1) is 0 Å². The molecule has 0 aliphatic carbocycles. The van der Waals surface area contributed by atoms with E-state index in [4.69, 9.17) is 0 Å².